The Labute approximate surface area is 93.9 Å². The highest BCUT2D eigenvalue weighted by molar-refractivity contribution is 6.00. The Morgan fingerprint density at radius 2 is 1.88 bits per heavy atom. The summed E-state index contributed by atoms with van der Waals surface area (Å²) in [7, 11) is 0. The van der Waals surface area contributed by atoms with Crippen molar-refractivity contribution in [1.29, 1.82) is 0 Å². The molecular formula is C13H13NO2. The molecular weight excluding hydrogens is 202 g/mol. The van der Waals surface area contributed by atoms with E-state index in [0.29, 0.717) is 6.54 Å². The number of fused-ring (bicyclic) bond motifs is 1. The Balaban J connectivity index is 2.63. The van der Waals surface area contributed by atoms with Gasteiger partial charge in [-0.3, -0.25) is 4.90 Å². The summed E-state index contributed by atoms with van der Waals surface area (Å²) >= 11 is 0. The number of anilines is 1. The van der Waals surface area contributed by atoms with Crippen molar-refractivity contribution in [3.63, 3.8) is 0 Å². The van der Waals surface area contributed by atoms with Crippen molar-refractivity contribution in [3.8, 4) is 0 Å². The monoisotopic (exact) mass is 215 g/mol. The molecule has 0 spiro atoms. The van der Waals surface area contributed by atoms with Gasteiger partial charge < -0.3 is 5.11 Å². The quantitative estimate of drug-likeness (QED) is 0.834. The van der Waals surface area contributed by atoms with Gasteiger partial charge in [-0.2, -0.15) is 0 Å². The maximum Gasteiger partial charge on any atom is 0.411 e. The molecule has 0 fully saturated rings. The predicted molar refractivity (Wildman–Crippen MR) is 65.0 cm³/mol. The van der Waals surface area contributed by atoms with Crippen LogP contribution in [0.3, 0.4) is 0 Å². The van der Waals surface area contributed by atoms with Crippen molar-refractivity contribution in [2.45, 2.75) is 6.92 Å². The zero-order valence-corrected chi connectivity index (χ0v) is 9.05. The molecule has 82 valence electrons. The Kier molecular flexibility index (Phi) is 2.77. The van der Waals surface area contributed by atoms with Gasteiger partial charge in [-0.1, -0.05) is 36.4 Å². The second-order valence-electron chi connectivity index (χ2n) is 3.53. The number of hydrogen-bond acceptors (Lipinski definition) is 1. The molecule has 0 aliphatic carbocycles. The highest BCUT2D eigenvalue weighted by Gasteiger charge is 2.13. The Morgan fingerprint density at radius 3 is 2.56 bits per heavy atom. The molecule has 0 saturated heterocycles. The molecule has 1 amide bonds. The van der Waals surface area contributed by atoms with Gasteiger partial charge in [-0.05, 0) is 18.4 Å². The molecule has 0 aliphatic rings. The van der Waals surface area contributed by atoms with E-state index in [0.717, 1.165) is 16.5 Å². The molecule has 0 aliphatic heterocycles. The summed E-state index contributed by atoms with van der Waals surface area (Å²) in [6.45, 7) is 2.28. The summed E-state index contributed by atoms with van der Waals surface area (Å²) in [5.41, 5.74) is 0.744. The van der Waals surface area contributed by atoms with Gasteiger partial charge in [-0.15, -0.1) is 0 Å². The molecule has 16 heavy (non-hydrogen) atoms. The van der Waals surface area contributed by atoms with Crippen LogP contribution in [0, 0.1) is 0 Å². The van der Waals surface area contributed by atoms with Crippen LogP contribution >= 0.6 is 0 Å². The molecule has 0 saturated carbocycles. The molecule has 2 aromatic rings. The van der Waals surface area contributed by atoms with Crippen LogP contribution in [0.5, 0.6) is 0 Å². The normalized spacial score (nSPS) is 10.3. The second kappa shape index (κ2) is 4.23. The number of carboxylic acid groups (broad SMARTS) is 1. The Morgan fingerprint density at radius 1 is 1.19 bits per heavy atom. The lowest BCUT2D eigenvalue weighted by Crippen LogP contribution is -2.28. The highest BCUT2D eigenvalue weighted by atomic mass is 16.4. The van der Waals surface area contributed by atoms with Crippen molar-refractivity contribution < 1.29 is 9.90 Å². The lowest BCUT2D eigenvalue weighted by atomic mass is 10.1. The van der Waals surface area contributed by atoms with Crippen molar-refractivity contribution >= 4 is 22.6 Å². The first kappa shape index (κ1) is 10.5. The van der Waals surface area contributed by atoms with Crippen LogP contribution in [-0.2, 0) is 0 Å². The first-order valence-electron chi connectivity index (χ1n) is 5.22. The summed E-state index contributed by atoms with van der Waals surface area (Å²) in [4.78, 5) is 12.5. The molecule has 0 bridgehead atoms. The van der Waals surface area contributed by atoms with Crippen LogP contribution in [0.15, 0.2) is 42.5 Å². The standard InChI is InChI=1S/C13H13NO2/c1-2-14(13(15)16)12-9-5-7-10-6-3-4-8-11(10)12/h3-9H,2H2,1H3,(H,15,16). The fourth-order valence-electron chi connectivity index (χ4n) is 1.85. The van der Waals surface area contributed by atoms with Gasteiger partial charge in [0, 0.05) is 11.9 Å². The number of nitrogens with zero attached hydrogens (tertiary/aromatic N) is 1. The molecule has 0 atom stereocenters. The van der Waals surface area contributed by atoms with E-state index in [9.17, 15) is 4.79 Å². The van der Waals surface area contributed by atoms with Crippen molar-refractivity contribution in [2.24, 2.45) is 0 Å². The molecule has 2 aromatic carbocycles. The Bertz CT molecular complexity index is 517. The lowest BCUT2D eigenvalue weighted by Gasteiger charge is -2.18. The van der Waals surface area contributed by atoms with Gasteiger partial charge in [0.1, 0.15) is 0 Å². The van der Waals surface area contributed by atoms with E-state index in [1.54, 1.807) is 0 Å². The van der Waals surface area contributed by atoms with Gasteiger partial charge in [0.05, 0.1) is 5.69 Å². The van der Waals surface area contributed by atoms with E-state index in [1.807, 2.05) is 49.4 Å². The van der Waals surface area contributed by atoms with Gasteiger partial charge in [-0.25, -0.2) is 4.79 Å². The molecule has 3 heteroatoms. The fraction of sp³-hybridized carbons (Fsp3) is 0.154. The van der Waals surface area contributed by atoms with E-state index in [-0.39, 0.29) is 0 Å². The summed E-state index contributed by atoms with van der Waals surface area (Å²) in [6, 6.07) is 13.5. The van der Waals surface area contributed by atoms with Crippen molar-refractivity contribution in [3.05, 3.63) is 42.5 Å². The van der Waals surface area contributed by atoms with Gasteiger partial charge >= 0.3 is 6.09 Å². The van der Waals surface area contributed by atoms with E-state index in [2.05, 4.69) is 0 Å². The maximum absolute atomic E-state index is 11.1. The smallest absolute Gasteiger partial charge is 0.411 e. The SMILES string of the molecule is CCN(C(=O)O)c1cccc2ccccc12. The van der Waals surface area contributed by atoms with E-state index in [1.165, 1.54) is 4.90 Å². The Hall–Kier alpha value is -2.03. The third-order valence-corrected chi connectivity index (χ3v) is 2.60. The third kappa shape index (κ3) is 1.72. The second-order valence-corrected chi connectivity index (χ2v) is 3.53. The summed E-state index contributed by atoms with van der Waals surface area (Å²) < 4.78 is 0. The first-order valence-corrected chi connectivity index (χ1v) is 5.22. The average Bonchev–Trinajstić information content (AvgIpc) is 2.30. The molecule has 3 nitrogen and oxygen atoms in total. The van der Waals surface area contributed by atoms with E-state index >= 15 is 0 Å². The molecule has 0 unspecified atom stereocenters. The van der Waals surface area contributed by atoms with Crippen molar-refractivity contribution in [1.82, 2.24) is 0 Å². The van der Waals surface area contributed by atoms with Crippen LogP contribution < -0.4 is 4.90 Å². The minimum Gasteiger partial charge on any atom is -0.465 e. The number of hydrogen-bond donors (Lipinski definition) is 1. The van der Waals surface area contributed by atoms with Gasteiger partial charge in [0.2, 0.25) is 0 Å². The largest absolute Gasteiger partial charge is 0.465 e. The molecule has 0 radical (unpaired) electrons. The number of rotatable bonds is 2. The molecule has 0 heterocycles. The van der Waals surface area contributed by atoms with E-state index in [4.69, 9.17) is 5.11 Å². The highest BCUT2D eigenvalue weighted by Crippen LogP contribution is 2.26. The van der Waals surface area contributed by atoms with Crippen molar-refractivity contribution in [2.75, 3.05) is 11.4 Å². The minimum atomic E-state index is -0.918. The lowest BCUT2D eigenvalue weighted by molar-refractivity contribution is 0.202. The average molecular weight is 215 g/mol. The first-order chi connectivity index (χ1) is 7.74. The van der Waals surface area contributed by atoms with Crippen LogP contribution in [0.1, 0.15) is 6.92 Å². The zero-order chi connectivity index (χ0) is 11.5. The predicted octanol–water partition coefficient (Wildman–Crippen LogP) is 3.34. The number of benzene rings is 2. The van der Waals surface area contributed by atoms with E-state index < -0.39 is 6.09 Å². The maximum atomic E-state index is 11.1. The topological polar surface area (TPSA) is 40.5 Å². The van der Waals surface area contributed by atoms with Gasteiger partial charge in [0.15, 0.2) is 0 Å². The van der Waals surface area contributed by atoms with Crippen LogP contribution in [0.2, 0.25) is 0 Å². The molecule has 2 rings (SSSR count). The van der Waals surface area contributed by atoms with Crippen LogP contribution in [-0.4, -0.2) is 17.7 Å². The number of carbonyl (C=O) groups is 1. The number of amides is 1. The van der Waals surface area contributed by atoms with Crippen LogP contribution in [0.4, 0.5) is 10.5 Å². The molecule has 0 aromatic heterocycles. The van der Waals surface area contributed by atoms with Gasteiger partial charge in [0.25, 0.3) is 0 Å². The van der Waals surface area contributed by atoms with Crippen LogP contribution in [0.25, 0.3) is 10.8 Å². The minimum absolute atomic E-state index is 0.448. The summed E-state index contributed by atoms with van der Waals surface area (Å²) in [6.07, 6.45) is -0.918. The summed E-state index contributed by atoms with van der Waals surface area (Å²) in [5.74, 6) is 0. The fourth-order valence-corrected chi connectivity index (χ4v) is 1.85. The summed E-state index contributed by atoms with van der Waals surface area (Å²) in [5, 5.41) is 11.1. The third-order valence-electron chi connectivity index (χ3n) is 2.60. The zero-order valence-electron chi connectivity index (χ0n) is 9.05. The molecule has 1 N–H and O–H groups in total.